The third-order valence-electron chi connectivity index (χ3n) is 2.97. The van der Waals surface area contributed by atoms with Crippen LogP contribution in [0.25, 0.3) is 16.9 Å². The van der Waals surface area contributed by atoms with Crippen LogP contribution < -0.4 is 4.74 Å². The average molecular weight is 300 g/mol. The summed E-state index contributed by atoms with van der Waals surface area (Å²) in [5, 5.41) is 13.7. The van der Waals surface area contributed by atoms with E-state index in [4.69, 9.17) is 4.74 Å². The third kappa shape index (κ3) is 2.85. The molecule has 0 saturated heterocycles. The Bertz CT molecular complexity index is 739. The van der Waals surface area contributed by atoms with Gasteiger partial charge in [0.2, 0.25) is 5.16 Å². The maximum atomic E-state index is 5.46. The summed E-state index contributed by atoms with van der Waals surface area (Å²) < 4.78 is 7.25. The largest absolute Gasteiger partial charge is 0.494 e. The first kappa shape index (κ1) is 13.9. The van der Waals surface area contributed by atoms with Crippen molar-refractivity contribution in [3.63, 3.8) is 0 Å². The van der Waals surface area contributed by atoms with Crippen molar-refractivity contribution in [2.75, 3.05) is 12.4 Å². The van der Waals surface area contributed by atoms with Gasteiger partial charge in [-0.1, -0.05) is 18.7 Å². The lowest BCUT2D eigenvalue weighted by atomic mass is 10.1. The molecular formula is C15H16N4OS. The van der Waals surface area contributed by atoms with Gasteiger partial charge in [0.15, 0.2) is 5.65 Å². The molecule has 3 aromatic rings. The number of hydrogen-bond donors (Lipinski definition) is 0. The van der Waals surface area contributed by atoms with Crippen molar-refractivity contribution in [2.24, 2.45) is 0 Å². The van der Waals surface area contributed by atoms with Gasteiger partial charge in [0.25, 0.3) is 0 Å². The van der Waals surface area contributed by atoms with Crippen LogP contribution in [0, 0.1) is 0 Å². The van der Waals surface area contributed by atoms with Crippen LogP contribution in [-0.4, -0.2) is 32.2 Å². The molecule has 6 heteroatoms. The number of rotatable bonds is 5. The SMILES string of the molecule is CCOc1ccc(-c2ccc3nnc(SCC)n3n2)cc1. The van der Waals surface area contributed by atoms with Gasteiger partial charge < -0.3 is 4.74 Å². The second-order valence-electron chi connectivity index (χ2n) is 4.36. The Hall–Kier alpha value is -2.08. The Balaban J connectivity index is 1.97. The molecule has 0 radical (unpaired) electrons. The number of benzene rings is 1. The summed E-state index contributed by atoms with van der Waals surface area (Å²) in [4.78, 5) is 0. The first-order valence-corrected chi connectivity index (χ1v) is 7.89. The van der Waals surface area contributed by atoms with Gasteiger partial charge in [-0.25, -0.2) is 0 Å². The topological polar surface area (TPSA) is 52.3 Å². The standard InChI is InChI=1S/C15H16N4OS/c1-3-20-12-7-5-11(6-8-12)13-9-10-14-16-17-15(21-4-2)19(14)18-13/h5-10H,3-4H2,1-2H3. The first-order chi connectivity index (χ1) is 10.3. The fourth-order valence-electron chi connectivity index (χ4n) is 2.03. The zero-order valence-corrected chi connectivity index (χ0v) is 12.8. The highest BCUT2D eigenvalue weighted by atomic mass is 32.2. The predicted octanol–water partition coefficient (Wildman–Crippen LogP) is 3.30. The summed E-state index contributed by atoms with van der Waals surface area (Å²) in [6.45, 7) is 4.73. The molecule has 3 rings (SSSR count). The predicted molar refractivity (Wildman–Crippen MR) is 83.8 cm³/mol. The minimum Gasteiger partial charge on any atom is -0.494 e. The van der Waals surface area contributed by atoms with Crippen LogP contribution in [0.5, 0.6) is 5.75 Å². The molecule has 108 valence electrons. The average Bonchev–Trinajstić information content (AvgIpc) is 2.91. The third-order valence-corrected chi connectivity index (χ3v) is 3.77. The minimum atomic E-state index is 0.669. The highest BCUT2D eigenvalue weighted by molar-refractivity contribution is 7.99. The first-order valence-electron chi connectivity index (χ1n) is 6.90. The van der Waals surface area contributed by atoms with Crippen LogP contribution in [0.3, 0.4) is 0 Å². The summed E-state index contributed by atoms with van der Waals surface area (Å²) in [7, 11) is 0. The molecule has 0 spiro atoms. The monoisotopic (exact) mass is 300 g/mol. The van der Waals surface area contributed by atoms with Gasteiger partial charge in [-0.15, -0.1) is 10.2 Å². The quantitative estimate of drug-likeness (QED) is 0.677. The van der Waals surface area contributed by atoms with E-state index in [1.807, 2.05) is 43.3 Å². The van der Waals surface area contributed by atoms with Gasteiger partial charge in [-0.05, 0) is 49.1 Å². The minimum absolute atomic E-state index is 0.669. The lowest BCUT2D eigenvalue weighted by Crippen LogP contribution is -1.96. The van der Waals surface area contributed by atoms with Crippen molar-refractivity contribution in [3.05, 3.63) is 36.4 Å². The van der Waals surface area contributed by atoms with Crippen molar-refractivity contribution in [3.8, 4) is 17.0 Å². The molecule has 0 unspecified atom stereocenters. The van der Waals surface area contributed by atoms with Gasteiger partial charge in [-0.2, -0.15) is 9.61 Å². The maximum absolute atomic E-state index is 5.46. The molecule has 0 amide bonds. The smallest absolute Gasteiger partial charge is 0.212 e. The van der Waals surface area contributed by atoms with Crippen LogP contribution >= 0.6 is 11.8 Å². The van der Waals surface area contributed by atoms with Gasteiger partial charge >= 0.3 is 0 Å². The summed E-state index contributed by atoms with van der Waals surface area (Å²) >= 11 is 1.63. The molecule has 2 aromatic heterocycles. The number of nitrogens with zero attached hydrogens (tertiary/aromatic N) is 4. The van der Waals surface area contributed by atoms with E-state index in [2.05, 4.69) is 22.2 Å². The molecule has 0 fully saturated rings. The maximum Gasteiger partial charge on any atom is 0.212 e. The van der Waals surface area contributed by atoms with Crippen LogP contribution in [0.4, 0.5) is 0 Å². The number of hydrogen-bond acceptors (Lipinski definition) is 5. The molecule has 5 nitrogen and oxygen atoms in total. The van der Waals surface area contributed by atoms with Crippen LogP contribution in [0.15, 0.2) is 41.6 Å². The Kier molecular flexibility index (Phi) is 4.06. The second-order valence-corrected chi connectivity index (χ2v) is 5.59. The summed E-state index contributed by atoms with van der Waals surface area (Å²) in [5.41, 5.74) is 2.70. The van der Waals surface area contributed by atoms with E-state index in [9.17, 15) is 0 Å². The number of ether oxygens (including phenoxy) is 1. The molecule has 0 aliphatic rings. The van der Waals surface area contributed by atoms with Crippen molar-refractivity contribution in [1.82, 2.24) is 19.8 Å². The molecule has 0 aliphatic heterocycles. The van der Waals surface area contributed by atoms with Crippen molar-refractivity contribution in [1.29, 1.82) is 0 Å². The van der Waals surface area contributed by atoms with E-state index in [-0.39, 0.29) is 0 Å². The molecule has 2 heterocycles. The van der Waals surface area contributed by atoms with E-state index in [0.717, 1.165) is 33.6 Å². The number of aromatic nitrogens is 4. The molecule has 0 bridgehead atoms. The molecule has 21 heavy (non-hydrogen) atoms. The van der Waals surface area contributed by atoms with Gasteiger partial charge in [0, 0.05) is 5.56 Å². The lowest BCUT2D eigenvalue weighted by molar-refractivity contribution is 0.340. The van der Waals surface area contributed by atoms with Crippen molar-refractivity contribution < 1.29 is 4.74 Å². The summed E-state index contributed by atoms with van der Waals surface area (Å²) in [6, 6.07) is 11.8. The number of fused-ring (bicyclic) bond motifs is 1. The van der Waals surface area contributed by atoms with Crippen LogP contribution in [-0.2, 0) is 0 Å². The summed E-state index contributed by atoms with van der Waals surface area (Å²) in [6.07, 6.45) is 0. The second kappa shape index (κ2) is 6.13. The molecule has 0 N–H and O–H groups in total. The molecule has 1 aromatic carbocycles. The fraction of sp³-hybridized carbons (Fsp3) is 0.267. The van der Waals surface area contributed by atoms with E-state index < -0.39 is 0 Å². The van der Waals surface area contributed by atoms with Crippen LogP contribution in [0.2, 0.25) is 0 Å². The molecule has 0 saturated carbocycles. The Morgan fingerprint density at radius 1 is 1.05 bits per heavy atom. The van der Waals surface area contributed by atoms with E-state index in [1.54, 1.807) is 16.3 Å². The molecule has 0 atom stereocenters. The van der Waals surface area contributed by atoms with E-state index in [0.29, 0.717) is 6.61 Å². The van der Waals surface area contributed by atoms with E-state index >= 15 is 0 Å². The Morgan fingerprint density at radius 3 is 2.57 bits per heavy atom. The van der Waals surface area contributed by atoms with E-state index in [1.165, 1.54) is 0 Å². The van der Waals surface area contributed by atoms with Crippen LogP contribution in [0.1, 0.15) is 13.8 Å². The highest BCUT2D eigenvalue weighted by Gasteiger charge is 2.08. The number of thioether (sulfide) groups is 1. The summed E-state index contributed by atoms with van der Waals surface area (Å²) in [5.74, 6) is 1.81. The molecule has 0 aliphatic carbocycles. The Morgan fingerprint density at radius 2 is 1.86 bits per heavy atom. The molecular weight excluding hydrogens is 284 g/mol. The van der Waals surface area contributed by atoms with Gasteiger partial charge in [0.05, 0.1) is 12.3 Å². The van der Waals surface area contributed by atoms with Gasteiger partial charge in [-0.3, -0.25) is 0 Å². The van der Waals surface area contributed by atoms with Crippen molar-refractivity contribution >= 4 is 17.4 Å². The highest BCUT2D eigenvalue weighted by Crippen LogP contribution is 2.22. The zero-order chi connectivity index (χ0) is 14.7. The van der Waals surface area contributed by atoms with Crippen molar-refractivity contribution in [2.45, 2.75) is 19.0 Å². The lowest BCUT2D eigenvalue weighted by Gasteiger charge is -2.05. The normalized spacial score (nSPS) is 11.0. The Labute approximate surface area is 127 Å². The van der Waals surface area contributed by atoms with Gasteiger partial charge in [0.1, 0.15) is 5.75 Å². The zero-order valence-electron chi connectivity index (χ0n) is 12.0. The fourth-order valence-corrected chi connectivity index (χ4v) is 2.64.